The maximum atomic E-state index is 11.8. The molecule has 22 heavy (non-hydrogen) atoms. The smallest absolute Gasteiger partial charge is 0.168 e. The maximum Gasteiger partial charge on any atom is 0.168 e. The van der Waals surface area contributed by atoms with Crippen LogP contribution in [0.2, 0.25) is 5.02 Å². The first-order valence-electron chi connectivity index (χ1n) is 6.74. The van der Waals surface area contributed by atoms with E-state index in [2.05, 4.69) is 15.0 Å². The fourth-order valence-corrected chi connectivity index (χ4v) is 2.09. The zero-order chi connectivity index (χ0) is 16.3. The number of aliphatic imine (C=N–C) groups is 1. The third-order valence-corrected chi connectivity index (χ3v) is 3.19. The van der Waals surface area contributed by atoms with E-state index in [0.717, 1.165) is 5.56 Å². The van der Waals surface area contributed by atoms with Crippen LogP contribution < -0.4 is 0 Å². The molecule has 0 saturated carbocycles. The standard InChI is InChI=1S/C16H17ClN4O/c1-10-14(11(2)22)16(18-9-21(3)4)20-15(19-10)12-5-7-13(17)8-6-12/h5-9H,1-4H3. The van der Waals surface area contributed by atoms with E-state index in [1.807, 2.05) is 26.2 Å². The Bertz CT molecular complexity index is 724. The minimum atomic E-state index is -0.105. The summed E-state index contributed by atoms with van der Waals surface area (Å²) in [5.41, 5.74) is 1.87. The average molecular weight is 317 g/mol. The van der Waals surface area contributed by atoms with Gasteiger partial charge in [0, 0.05) is 24.7 Å². The molecule has 0 unspecified atom stereocenters. The van der Waals surface area contributed by atoms with Gasteiger partial charge in [0.2, 0.25) is 0 Å². The molecule has 5 nitrogen and oxygen atoms in total. The molecular formula is C16H17ClN4O. The lowest BCUT2D eigenvalue weighted by atomic mass is 10.1. The van der Waals surface area contributed by atoms with Gasteiger partial charge in [-0.25, -0.2) is 15.0 Å². The van der Waals surface area contributed by atoms with Gasteiger partial charge in [0.05, 0.1) is 17.6 Å². The summed E-state index contributed by atoms with van der Waals surface area (Å²) in [6.07, 6.45) is 1.61. The molecule has 2 aromatic rings. The summed E-state index contributed by atoms with van der Waals surface area (Å²) >= 11 is 5.90. The van der Waals surface area contributed by atoms with E-state index in [-0.39, 0.29) is 5.78 Å². The Balaban J connectivity index is 2.58. The van der Waals surface area contributed by atoms with Gasteiger partial charge in [-0.15, -0.1) is 0 Å². The van der Waals surface area contributed by atoms with Crippen LogP contribution in [-0.2, 0) is 0 Å². The Morgan fingerprint density at radius 2 is 1.86 bits per heavy atom. The number of nitrogens with zero attached hydrogens (tertiary/aromatic N) is 4. The van der Waals surface area contributed by atoms with Crippen LogP contribution >= 0.6 is 11.6 Å². The van der Waals surface area contributed by atoms with Crippen LogP contribution in [0.15, 0.2) is 29.3 Å². The van der Waals surface area contributed by atoms with Gasteiger partial charge in [-0.05, 0) is 38.1 Å². The van der Waals surface area contributed by atoms with E-state index in [1.165, 1.54) is 6.92 Å². The van der Waals surface area contributed by atoms with Gasteiger partial charge in [-0.2, -0.15) is 0 Å². The van der Waals surface area contributed by atoms with Crippen molar-refractivity contribution in [3.63, 3.8) is 0 Å². The normalized spacial score (nSPS) is 11.0. The SMILES string of the molecule is CC(=O)c1c(C)nc(-c2ccc(Cl)cc2)nc1N=CN(C)C. The van der Waals surface area contributed by atoms with Gasteiger partial charge >= 0.3 is 0 Å². The number of halogens is 1. The molecule has 0 spiro atoms. The molecule has 114 valence electrons. The van der Waals surface area contributed by atoms with Crippen molar-refractivity contribution in [1.82, 2.24) is 14.9 Å². The van der Waals surface area contributed by atoms with Crippen molar-refractivity contribution < 1.29 is 4.79 Å². The first-order valence-corrected chi connectivity index (χ1v) is 7.12. The van der Waals surface area contributed by atoms with Crippen LogP contribution in [0, 0.1) is 6.92 Å². The van der Waals surface area contributed by atoms with Crippen LogP contribution in [0.4, 0.5) is 5.82 Å². The van der Waals surface area contributed by atoms with Crippen LogP contribution in [0.1, 0.15) is 23.0 Å². The quantitative estimate of drug-likeness (QED) is 0.492. The first kappa shape index (κ1) is 16.1. The number of Topliss-reactive ketones (excluding diaryl/α,β-unsaturated/α-hetero) is 1. The lowest BCUT2D eigenvalue weighted by Gasteiger charge is -2.09. The number of aromatic nitrogens is 2. The summed E-state index contributed by atoms with van der Waals surface area (Å²) < 4.78 is 0. The first-order chi connectivity index (χ1) is 10.4. The van der Waals surface area contributed by atoms with Crippen molar-refractivity contribution in [2.75, 3.05) is 14.1 Å². The largest absolute Gasteiger partial charge is 0.369 e. The highest BCUT2D eigenvalue weighted by molar-refractivity contribution is 6.30. The Morgan fingerprint density at radius 3 is 2.41 bits per heavy atom. The van der Waals surface area contributed by atoms with E-state index in [1.54, 1.807) is 30.3 Å². The second kappa shape index (κ2) is 6.66. The molecule has 0 aliphatic carbocycles. The average Bonchev–Trinajstić information content (AvgIpc) is 2.44. The molecule has 6 heteroatoms. The number of hydrogen-bond acceptors (Lipinski definition) is 4. The zero-order valence-electron chi connectivity index (χ0n) is 13.0. The second-order valence-electron chi connectivity index (χ2n) is 5.10. The molecule has 1 aromatic heterocycles. The number of ketones is 1. The van der Waals surface area contributed by atoms with E-state index >= 15 is 0 Å². The molecular weight excluding hydrogens is 300 g/mol. The topological polar surface area (TPSA) is 58.5 Å². The van der Waals surface area contributed by atoms with E-state index in [9.17, 15) is 4.79 Å². The third kappa shape index (κ3) is 3.68. The highest BCUT2D eigenvalue weighted by Gasteiger charge is 2.15. The predicted molar refractivity (Wildman–Crippen MR) is 89.1 cm³/mol. The highest BCUT2D eigenvalue weighted by Crippen LogP contribution is 2.25. The zero-order valence-corrected chi connectivity index (χ0v) is 13.7. The molecule has 0 amide bonds. The van der Waals surface area contributed by atoms with Crippen molar-refractivity contribution in [3.8, 4) is 11.4 Å². The monoisotopic (exact) mass is 316 g/mol. The van der Waals surface area contributed by atoms with Crippen molar-refractivity contribution in [2.24, 2.45) is 4.99 Å². The number of benzene rings is 1. The van der Waals surface area contributed by atoms with Gasteiger partial charge in [0.1, 0.15) is 0 Å². The number of carbonyl (C=O) groups is 1. The predicted octanol–water partition coefficient (Wildman–Crippen LogP) is 3.53. The van der Waals surface area contributed by atoms with Gasteiger partial charge in [0.15, 0.2) is 17.4 Å². The molecule has 0 aliphatic heterocycles. The van der Waals surface area contributed by atoms with E-state index in [4.69, 9.17) is 11.6 Å². The number of aryl methyl sites for hydroxylation is 1. The summed E-state index contributed by atoms with van der Waals surface area (Å²) in [5.74, 6) is 0.787. The van der Waals surface area contributed by atoms with Gasteiger partial charge in [0.25, 0.3) is 0 Å². The fraction of sp³-hybridized carbons (Fsp3) is 0.250. The minimum absolute atomic E-state index is 0.105. The van der Waals surface area contributed by atoms with Crippen molar-refractivity contribution in [1.29, 1.82) is 0 Å². The summed E-state index contributed by atoms with van der Waals surface area (Å²) in [5, 5.41) is 0.645. The van der Waals surface area contributed by atoms with E-state index in [0.29, 0.717) is 27.9 Å². The lowest BCUT2D eigenvalue weighted by Crippen LogP contribution is -2.09. The minimum Gasteiger partial charge on any atom is -0.369 e. The van der Waals surface area contributed by atoms with Crippen LogP contribution in [-0.4, -0.2) is 41.1 Å². The fourth-order valence-electron chi connectivity index (χ4n) is 1.96. The molecule has 1 heterocycles. The molecule has 2 rings (SSSR count). The van der Waals surface area contributed by atoms with Gasteiger partial charge in [-0.3, -0.25) is 4.79 Å². The Hall–Kier alpha value is -2.27. The van der Waals surface area contributed by atoms with Crippen molar-refractivity contribution in [2.45, 2.75) is 13.8 Å². The summed E-state index contributed by atoms with van der Waals surface area (Å²) in [6, 6.07) is 7.22. The van der Waals surface area contributed by atoms with Gasteiger partial charge in [-0.1, -0.05) is 11.6 Å². The van der Waals surface area contributed by atoms with Crippen molar-refractivity contribution >= 4 is 29.5 Å². The number of rotatable bonds is 4. The van der Waals surface area contributed by atoms with Crippen LogP contribution in [0.25, 0.3) is 11.4 Å². The molecule has 0 fully saturated rings. The Labute approximate surface area is 134 Å². The highest BCUT2D eigenvalue weighted by atomic mass is 35.5. The summed E-state index contributed by atoms with van der Waals surface area (Å²) in [6.45, 7) is 3.27. The molecule has 0 N–H and O–H groups in total. The van der Waals surface area contributed by atoms with Crippen LogP contribution in [0.3, 0.4) is 0 Å². The van der Waals surface area contributed by atoms with Gasteiger partial charge < -0.3 is 4.90 Å². The second-order valence-corrected chi connectivity index (χ2v) is 5.54. The summed E-state index contributed by atoms with van der Waals surface area (Å²) in [7, 11) is 3.70. The molecule has 1 aromatic carbocycles. The molecule has 0 saturated heterocycles. The lowest BCUT2D eigenvalue weighted by molar-refractivity contribution is 0.101. The molecule has 0 aliphatic rings. The van der Waals surface area contributed by atoms with Crippen molar-refractivity contribution in [3.05, 3.63) is 40.5 Å². The Kier molecular flexibility index (Phi) is 4.88. The van der Waals surface area contributed by atoms with E-state index < -0.39 is 0 Å². The maximum absolute atomic E-state index is 11.8. The molecule has 0 bridgehead atoms. The molecule has 0 radical (unpaired) electrons. The van der Waals surface area contributed by atoms with Crippen LogP contribution in [0.5, 0.6) is 0 Å². The Morgan fingerprint density at radius 1 is 1.23 bits per heavy atom. The molecule has 0 atom stereocenters. The number of hydrogen-bond donors (Lipinski definition) is 0. The number of carbonyl (C=O) groups excluding carboxylic acids is 1. The summed E-state index contributed by atoms with van der Waals surface area (Å²) in [4.78, 5) is 26.8. The third-order valence-electron chi connectivity index (χ3n) is 2.94.